The first-order chi connectivity index (χ1) is 10.2. The van der Waals surface area contributed by atoms with Crippen LogP contribution in [-0.2, 0) is 17.6 Å². The van der Waals surface area contributed by atoms with E-state index in [1.165, 1.54) is 5.56 Å². The maximum absolute atomic E-state index is 11.2. The Hall–Kier alpha value is -2.55. The standard InChI is InChI=1S/C18H17NO2/c1-2-12-7-9-13(10-8-12)18-15(11-17(20)21)14-5-3-4-6-16(14)19-18/h3-10,19H,2,11H2,1H3,(H,20,21). The van der Waals surface area contributed by atoms with Crippen LogP contribution in [0.2, 0.25) is 0 Å². The summed E-state index contributed by atoms with van der Waals surface area (Å²) in [7, 11) is 0. The topological polar surface area (TPSA) is 53.1 Å². The molecule has 0 fully saturated rings. The quantitative estimate of drug-likeness (QED) is 0.757. The molecule has 106 valence electrons. The van der Waals surface area contributed by atoms with Gasteiger partial charge < -0.3 is 10.1 Å². The maximum Gasteiger partial charge on any atom is 0.307 e. The molecule has 0 bridgehead atoms. The lowest BCUT2D eigenvalue weighted by molar-refractivity contribution is -0.136. The van der Waals surface area contributed by atoms with Crippen LogP contribution in [0, 0.1) is 0 Å². The summed E-state index contributed by atoms with van der Waals surface area (Å²) in [6.07, 6.45) is 1.02. The Morgan fingerprint density at radius 1 is 1.10 bits per heavy atom. The van der Waals surface area contributed by atoms with Crippen molar-refractivity contribution in [2.24, 2.45) is 0 Å². The van der Waals surface area contributed by atoms with Crippen LogP contribution in [-0.4, -0.2) is 16.1 Å². The highest BCUT2D eigenvalue weighted by atomic mass is 16.4. The van der Waals surface area contributed by atoms with Crippen molar-refractivity contribution in [1.82, 2.24) is 4.98 Å². The summed E-state index contributed by atoms with van der Waals surface area (Å²) in [5, 5.41) is 10.2. The van der Waals surface area contributed by atoms with Gasteiger partial charge >= 0.3 is 5.97 Å². The van der Waals surface area contributed by atoms with Crippen LogP contribution in [0.25, 0.3) is 22.2 Å². The number of H-pyrrole nitrogens is 1. The van der Waals surface area contributed by atoms with Gasteiger partial charge in [0, 0.05) is 10.9 Å². The Balaban J connectivity index is 2.17. The molecule has 0 aliphatic heterocycles. The van der Waals surface area contributed by atoms with Crippen LogP contribution in [0.4, 0.5) is 0 Å². The monoisotopic (exact) mass is 279 g/mol. The second-order valence-electron chi connectivity index (χ2n) is 5.15. The second kappa shape index (κ2) is 5.44. The molecule has 2 N–H and O–H groups in total. The maximum atomic E-state index is 11.2. The number of carbonyl (C=O) groups is 1. The van der Waals surface area contributed by atoms with Gasteiger partial charge in [-0.3, -0.25) is 4.79 Å². The molecular formula is C18H17NO2. The van der Waals surface area contributed by atoms with Gasteiger partial charge in [0.15, 0.2) is 0 Å². The molecule has 0 radical (unpaired) electrons. The van der Waals surface area contributed by atoms with Gasteiger partial charge in [0.2, 0.25) is 0 Å². The fourth-order valence-electron chi connectivity index (χ4n) is 2.69. The Morgan fingerprint density at radius 2 is 1.81 bits per heavy atom. The molecule has 0 spiro atoms. The van der Waals surface area contributed by atoms with Crippen molar-refractivity contribution in [2.75, 3.05) is 0 Å². The fourth-order valence-corrected chi connectivity index (χ4v) is 2.69. The lowest BCUT2D eigenvalue weighted by Gasteiger charge is -2.04. The molecule has 0 aliphatic rings. The van der Waals surface area contributed by atoms with Gasteiger partial charge in [-0.1, -0.05) is 49.4 Å². The largest absolute Gasteiger partial charge is 0.481 e. The van der Waals surface area contributed by atoms with E-state index in [9.17, 15) is 9.90 Å². The molecule has 3 rings (SSSR count). The van der Waals surface area contributed by atoms with Crippen LogP contribution < -0.4 is 0 Å². The van der Waals surface area contributed by atoms with Gasteiger partial charge in [0.25, 0.3) is 0 Å². The number of rotatable bonds is 4. The summed E-state index contributed by atoms with van der Waals surface area (Å²) >= 11 is 0. The van der Waals surface area contributed by atoms with E-state index < -0.39 is 5.97 Å². The highest BCUT2D eigenvalue weighted by Crippen LogP contribution is 2.31. The molecule has 0 saturated carbocycles. The highest BCUT2D eigenvalue weighted by Gasteiger charge is 2.15. The summed E-state index contributed by atoms with van der Waals surface area (Å²) in [6, 6.07) is 16.1. The van der Waals surface area contributed by atoms with Crippen LogP contribution in [0.3, 0.4) is 0 Å². The SMILES string of the molecule is CCc1ccc(-c2[nH]c3ccccc3c2CC(=O)O)cc1. The van der Waals surface area contributed by atoms with Gasteiger partial charge in [0.05, 0.1) is 12.1 Å². The summed E-state index contributed by atoms with van der Waals surface area (Å²) in [6.45, 7) is 2.12. The molecule has 0 saturated heterocycles. The molecule has 21 heavy (non-hydrogen) atoms. The number of hydrogen-bond acceptors (Lipinski definition) is 1. The number of nitrogens with one attached hydrogen (secondary N) is 1. The number of carboxylic acids is 1. The minimum Gasteiger partial charge on any atom is -0.481 e. The van der Waals surface area contributed by atoms with Crippen molar-refractivity contribution >= 4 is 16.9 Å². The molecule has 0 aliphatic carbocycles. The molecule has 0 unspecified atom stereocenters. The highest BCUT2D eigenvalue weighted by molar-refractivity contribution is 5.93. The Morgan fingerprint density at radius 3 is 2.48 bits per heavy atom. The van der Waals surface area contributed by atoms with Crippen LogP contribution in [0.5, 0.6) is 0 Å². The molecule has 3 aromatic rings. The van der Waals surface area contributed by atoms with E-state index in [0.29, 0.717) is 0 Å². The fraction of sp³-hybridized carbons (Fsp3) is 0.167. The number of aromatic nitrogens is 1. The van der Waals surface area contributed by atoms with Crippen molar-refractivity contribution in [2.45, 2.75) is 19.8 Å². The number of aromatic amines is 1. The zero-order valence-electron chi connectivity index (χ0n) is 11.9. The number of carboxylic acid groups (broad SMARTS) is 1. The van der Waals surface area contributed by atoms with E-state index in [4.69, 9.17) is 0 Å². The average molecular weight is 279 g/mol. The van der Waals surface area contributed by atoms with Gasteiger partial charge in [-0.25, -0.2) is 0 Å². The summed E-state index contributed by atoms with van der Waals surface area (Å²) in [5.74, 6) is -0.814. The molecule has 1 aromatic heterocycles. The predicted molar refractivity (Wildman–Crippen MR) is 84.5 cm³/mol. The molecule has 2 aromatic carbocycles. The van der Waals surface area contributed by atoms with Crippen LogP contribution >= 0.6 is 0 Å². The summed E-state index contributed by atoms with van der Waals surface area (Å²) in [5.41, 5.74) is 5.03. The van der Waals surface area contributed by atoms with Gasteiger partial charge in [-0.15, -0.1) is 0 Å². The van der Waals surface area contributed by atoms with Gasteiger partial charge in [-0.2, -0.15) is 0 Å². The number of aliphatic carboxylic acids is 1. The first-order valence-electron chi connectivity index (χ1n) is 7.09. The Labute approximate surface area is 123 Å². The average Bonchev–Trinajstić information content (AvgIpc) is 2.86. The third-order valence-corrected chi connectivity index (χ3v) is 3.79. The molecule has 1 heterocycles. The normalized spacial score (nSPS) is 10.9. The van der Waals surface area contributed by atoms with E-state index in [-0.39, 0.29) is 6.42 Å². The van der Waals surface area contributed by atoms with E-state index in [2.05, 4.69) is 36.2 Å². The number of fused-ring (bicyclic) bond motifs is 1. The summed E-state index contributed by atoms with van der Waals surface area (Å²) < 4.78 is 0. The molecule has 3 nitrogen and oxygen atoms in total. The second-order valence-corrected chi connectivity index (χ2v) is 5.15. The molecule has 3 heteroatoms. The number of aryl methyl sites for hydroxylation is 1. The van der Waals surface area contributed by atoms with Crippen LogP contribution in [0.1, 0.15) is 18.1 Å². The zero-order chi connectivity index (χ0) is 14.8. The first-order valence-corrected chi connectivity index (χ1v) is 7.09. The number of para-hydroxylation sites is 1. The van der Waals surface area contributed by atoms with Crippen molar-refractivity contribution in [3.05, 3.63) is 59.7 Å². The minimum absolute atomic E-state index is 0.0227. The van der Waals surface area contributed by atoms with Gasteiger partial charge in [-0.05, 0) is 29.2 Å². The molecule has 0 amide bonds. The lowest BCUT2D eigenvalue weighted by atomic mass is 10.0. The molecule has 0 atom stereocenters. The number of benzene rings is 2. The Kier molecular flexibility index (Phi) is 3.48. The van der Waals surface area contributed by atoms with Gasteiger partial charge in [0.1, 0.15) is 0 Å². The zero-order valence-corrected chi connectivity index (χ0v) is 11.9. The number of hydrogen-bond donors (Lipinski definition) is 2. The lowest BCUT2D eigenvalue weighted by Crippen LogP contribution is -2.00. The smallest absolute Gasteiger partial charge is 0.307 e. The van der Waals surface area contributed by atoms with Crippen molar-refractivity contribution in [3.63, 3.8) is 0 Å². The first kappa shape index (κ1) is 13.4. The predicted octanol–water partition coefficient (Wildman–Crippen LogP) is 4.02. The third kappa shape index (κ3) is 2.55. The van der Waals surface area contributed by atoms with E-state index >= 15 is 0 Å². The van der Waals surface area contributed by atoms with E-state index in [1.54, 1.807) is 0 Å². The molecular weight excluding hydrogens is 262 g/mol. The Bertz CT molecular complexity index is 785. The van der Waals surface area contributed by atoms with Crippen molar-refractivity contribution in [1.29, 1.82) is 0 Å². The van der Waals surface area contributed by atoms with E-state index in [1.807, 2.05) is 24.3 Å². The third-order valence-electron chi connectivity index (χ3n) is 3.79. The van der Waals surface area contributed by atoms with Crippen molar-refractivity contribution in [3.8, 4) is 11.3 Å². The summed E-state index contributed by atoms with van der Waals surface area (Å²) in [4.78, 5) is 14.5. The van der Waals surface area contributed by atoms with Crippen LogP contribution in [0.15, 0.2) is 48.5 Å². The minimum atomic E-state index is -0.814. The van der Waals surface area contributed by atoms with E-state index in [0.717, 1.165) is 34.1 Å². The van der Waals surface area contributed by atoms with Crippen molar-refractivity contribution < 1.29 is 9.90 Å².